The van der Waals surface area contributed by atoms with Crippen molar-refractivity contribution in [2.24, 2.45) is 10.8 Å². The van der Waals surface area contributed by atoms with Gasteiger partial charge in [0.2, 0.25) is 0 Å². The molecule has 0 saturated heterocycles. The lowest BCUT2D eigenvalue weighted by Gasteiger charge is -2.04. The number of thiocarbonyl (C=S) groups is 1. The van der Waals surface area contributed by atoms with Gasteiger partial charge in [-0.25, -0.2) is 0 Å². The zero-order valence-electron chi connectivity index (χ0n) is 7.87. The summed E-state index contributed by atoms with van der Waals surface area (Å²) in [6, 6.07) is 6.74. The van der Waals surface area contributed by atoms with Crippen molar-refractivity contribution in [3.8, 4) is 6.07 Å². The van der Waals surface area contributed by atoms with Gasteiger partial charge in [-0.05, 0) is 12.1 Å². The van der Waals surface area contributed by atoms with Crippen LogP contribution in [0.2, 0.25) is 10.0 Å². The molecule has 1 aromatic carbocycles. The van der Waals surface area contributed by atoms with Crippen LogP contribution in [0, 0.1) is 11.3 Å². The molecule has 82 valence electrons. The second kappa shape index (κ2) is 5.66. The molecule has 4 nitrogen and oxygen atoms in total. The van der Waals surface area contributed by atoms with Crippen LogP contribution < -0.4 is 11.2 Å². The van der Waals surface area contributed by atoms with E-state index in [1.165, 1.54) is 0 Å². The normalized spacial score (nSPS) is 10.7. The summed E-state index contributed by atoms with van der Waals surface area (Å²) in [5.74, 6) is 0. The zero-order chi connectivity index (χ0) is 12.1. The second-order valence-electron chi connectivity index (χ2n) is 2.65. The average Bonchev–Trinajstić information content (AvgIpc) is 2.24. The summed E-state index contributed by atoms with van der Waals surface area (Å²) in [4.78, 5) is -0.0897. The predicted octanol–water partition coefficient (Wildman–Crippen LogP) is 2.57. The van der Waals surface area contributed by atoms with Crippen LogP contribution in [-0.2, 0) is 0 Å². The maximum Gasteiger partial charge on any atom is 0.194 e. The van der Waals surface area contributed by atoms with Crippen molar-refractivity contribution in [3.05, 3.63) is 28.2 Å². The average molecular weight is 273 g/mol. The highest BCUT2D eigenvalue weighted by atomic mass is 35.5. The molecule has 7 heteroatoms. The molecule has 1 rings (SSSR count). The number of rotatable bonds is 3. The Morgan fingerprint density at radius 1 is 1.50 bits per heavy atom. The lowest BCUT2D eigenvalue weighted by molar-refractivity contribution is 1.34. The van der Waals surface area contributed by atoms with Crippen LogP contribution in [0.25, 0.3) is 0 Å². The van der Waals surface area contributed by atoms with E-state index in [9.17, 15) is 0 Å². The third kappa shape index (κ3) is 3.07. The minimum atomic E-state index is -0.0897. The molecule has 0 aliphatic carbocycles. The number of anilines is 1. The van der Waals surface area contributed by atoms with Gasteiger partial charge in [0.05, 0.1) is 15.7 Å². The first-order chi connectivity index (χ1) is 7.56. The molecule has 0 atom stereocenters. The first kappa shape index (κ1) is 12.7. The fraction of sp³-hybridized carbons (Fsp3) is 0. The Labute approximate surface area is 108 Å². The molecule has 0 fully saturated rings. The van der Waals surface area contributed by atoms with Gasteiger partial charge < -0.3 is 5.73 Å². The van der Waals surface area contributed by atoms with Crippen molar-refractivity contribution in [1.82, 2.24) is 0 Å². The van der Waals surface area contributed by atoms with Gasteiger partial charge in [0.1, 0.15) is 11.1 Å². The van der Waals surface area contributed by atoms with Crippen molar-refractivity contribution in [1.29, 1.82) is 5.26 Å². The fourth-order valence-corrected chi connectivity index (χ4v) is 1.28. The van der Waals surface area contributed by atoms with Gasteiger partial charge >= 0.3 is 0 Å². The van der Waals surface area contributed by atoms with Gasteiger partial charge in [-0.1, -0.05) is 41.5 Å². The summed E-state index contributed by atoms with van der Waals surface area (Å²) >= 11 is 16.3. The van der Waals surface area contributed by atoms with Crippen LogP contribution >= 0.6 is 35.4 Å². The van der Waals surface area contributed by atoms with E-state index in [4.69, 9.17) is 34.2 Å². The lowest BCUT2D eigenvalue weighted by Crippen LogP contribution is -2.20. The van der Waals surface area contributed by atoms with Crippen LogP contribution in [0.4, 0.5) is 5.69 Å². The third-order valence-electron chi connectivity index (χ3n) is 1.58. The third-order valence-corrected chi connectivity index (χ3v) is 2.59. The molecule has 0 aromatic heterocycles. The van der Waals surface area contributed by atoms with Crippen molar-refractivity contribution in [2.75, 3.05) is 5.43 Å². The van der Waals surface area contributed by atoms with Crippen molar-refractivity contribution in [3.63, 3.8) is 0 Å². The minimum absolute atomic E-state index is 0.0777. The van der Waals surface area contributed by atoms with Crippen LogP contribution in [0.5, 0.6) is 0 Å². The zero-order valence-corrected chi connectivity index (χ0v) is 10.2. The molecule has 16 heavy (non-hydrogen) atoms. The van der Waals surface area contributed by atoms with Crippen LogP contribution in [0.3, 0.4) is 0 Å². The van der Waals surface area contributed by atoms with Gasteiger partial charge in [-0.2, -0.15) is 10.4 Å². The number of nitrogens with zero attached hydrogens (tertiary/aromatic N) is 2. The quantitative estimate of drug-likeness (QED) is 0.504. The van der Waals surface area contributed by atoms with E-state index in [1.54, 1.807) is 24.3 Å². The Hall–Kier alpha value is -1.35. The number of benzene rings is 1. The number of nitrogens with one attached hydrogen (secondary N) is 1. The summed E-state index contributed by atoms with van der Waals surface area (Å²) in [6.07, 6.45) is 0. The van der Waals surface area contributed by atoms with Crippen LogP contribution in [0.15, 0.2) is 23.3 Å². The number of hydrogen-bond donors (Lipinski definition) is 2. The standard InChI is InChI=1S/C9H6Cl2N4S/c10-5-2-1-3-6(8(5)11)14-15-7(4-12)9(13)16/h1-3,14H,(H2,13,16). The smallest absolute Gasteiger partial charge is 0.194 e. The molecule has 0 spiro atoms. The second-order valence-corrected chi connectivity index (χ2v) is 3.87. The maximum atomic E-state index is 8.65. The molecule has 0 heterocycles. The van der Waals surface area contributed by atoms with E-state index in [1.807, 2.05) is 0 Å². The summed E-state index contributed by atoms with van der Waals surface area (Å²) in [5, 5.41) is 13.1. The Morgan fingerprint density at radius 2 is 2.19 bits per heavy atom. The summed E-state index contributed by atoms with van der Waals surface area (Å²) < 4.78 is 0. The van der Waals surface area contributed by atoms with E-state index in [2.05, 4.69) is 22.7 Å². The monoisotopic (exact) mass is 272 g/mol. The predicted molar refractivity (Wildman–Crippen MR) is 69.9 cm³/mol. The Kier molecular flexibility index (Phi) is 4.50. The molecular formula is C9H6Cl2N4S. The molecule has 0 radical (unpaired) electrons. The maximum absolute atomic E-state index is 8.65. The SMILES string of the molecule is N#CC(=NNc1cccc(Cl)c1Cl)C(N)=S. The molecule has 0 saturated carbocycles. The van der Waals surface area contributed by atoms with Gasteiger partial charge in [-0.15, -0.1) is 0 Å². The molecule has 0 aliphatic heterocycles. The van der Waals surface area contributed by atoms with Crippen LogP contribution in [-0.4, -0.2) is 10.7 Å². The molecule has 1 aromatic rings. The van der Waals surface area contributed by atoms with E-state index in [0.29, 0.717) is 15.7 Å². The minimum Gasteiger partial charge on any atom is -0.387 e. The molecule has 3 N–H and O–H groups in total. The van der Waals surface area contributed by atoms with Crippen molar-refractivity contribution in [2.45, 2.75) is 0 Å². The van der Waals surface area contributed by atoms with E-state index in [-0.39, 0.29) is 10.7 Å². The lowest BCUT2D eigenvalue weighted by atomic mass is 10.3. The molecule has 0 bridgehead atoms. The largest absolute Gasteiger partial charge is 0.387 e. The Bertz CT molecular complexity index is 493. The first-order valence-corrected chi connectivity index (χ1v) is 5.20. The molecule has 0 aliphatic rings. The number of hydrazone groups is 1. The highest BCUT2D eigenvalue weighted by molar-refractivity contribution is 7.82. The number of nitrogens with two attached hydrogens (primary N) is 1. The van der Waals surface area contributed by atoms with E-state index in [0.717, 1.165) is 0 Å². The topological polar surface area (TPSA) is 74.2 Å². The fourth-order valence-electron chi connectivity index (χ4n) is 0.841. The van der Waals surface area contributed by atoms with Crippen LogP contribution in [0.1, 0.15) is 0 Å². The summed E-state index contributed by atoms with van der Waals surface area (Å²) in [7, 11) is 0. The van der Waals surface area contributed by atoms with E-state index < -0.39 is 0 Å². The number of hydrogen-bond acceptors (Lipinski definition) is 4. The number of halogens is 2. The Morgan fingerprint density at radius 3 is 2.75 bits per heavy atom. The highest BCUT2D eigenvalue weighted by Crippen LogP contribution is 2.29. The van der Waals surface area contributed by atoms with E-state index >= 15 is 0 Å². The highest BCUT2D eigenvalue weighted by Gasteiger charge is 2.05. The summed E-state index contributed by atoms with van der Waals surface area (Å²) in [6.45, 7) is 0. The molecule has 0 amide bonds. The van der Waals surface area contributed by atoms with Crippen molar-refractivity contribution < 1.29 is 0 Å². The van der Waals surface area contributed by atoms with Crippen molar-refractivity contribution >= 4 is 51.8 Å². The molecule has 0 unspecified atom stereocenters. The van der Waals surface area contributed by atoms with Gasteiger partial charge in [0.25, 0.3) is 0 Å². The number of nitriles is 1. The van der Waals surface area contributed by atoms with Gasteiger partial charge in [0, 0.05) is 0 Å². The van der Waals surface area contributed by atoms with Gasteiger partial charge in [-0.3, -0.25) is 5.43 Å². The van der Waals surface area contributed by atoms with Gasteiger partial charge in [0.15, 0.2) is 5.71 Å². The Balaban J connectivity index is 2.95. The molecular weight excluding hydrogens is 267 g/mol. The summed E-state index contributed by atoms with van der Waals surface area (Å²) in [5.41, 5.74) is 8.22. The first-order valence-electron chi connectivity index (χ1n) is 4.04.